The average Bonchev–Trinajstić information content (AvgIpc) is 3.17. The predicted octanol–water partition coefficient (Wildman–Crippen LogP) is 3.77. The summed E-state index contributed by atoms with van der Waals surface area (Å²) in [6.07, 6.45) is 5.53. The number of guanidine groups is 1. The summed E-state index contributed by atoms with van der Waals surface area (Å²) in [5.74, 6) is 3.39. The van der Waals surface area contributed by atoms with E-state index in [2.05, 4.69) is 44.7 Å². The normalized spacial score (nSPS) is 11.0. The predicted molar refractivity (Wildman–Crippen MR) is 131 cm³/mol. The summed E-state index contributed by atoms with van der Waals surface area (Å²) < 4.78 is 7.43. The summed E-state index contributed by atoms with van der Waals surface area (Å²) in [7, 11) is 1.69. The molecule has 1 aromatic carbocycles. The van der Waals surface area contributed by atoms with Crippen molar-refractivity contribution < 1.29 is 4.74 Å². The molecule has 2 N–H and O–H groups in total. The van der Waals surface area contributed by atoms with E-state index < -0.39 is 0 Å². The lowest BCUT2D eigenvalue weighted by molar-refractivity contribution is 0.408. The van der Waals surface area contributed by atoms with Crippen molar-refractivity contribution >= 4 is 29.9 Å². The molecule has 0 amide bonds. The quantitative estimate of drug-likeness (QED) is 0.282. The van der Waals surface area contributed by atoms with Crippen molar-refractivity contribution in [1.82, 2.24) is 25.2 Å². The number of methoxy groups -OCH3 is 1. The molecule has 0 atom stereocenters. The van der Waals surface area contributed by atoms with Crippen molar-refractivity contribution in [2.45, 2.75) is 33.9 Å². The third-order valence-electron chi connectivity index (χ3n) is 4.53. The van der Waals surface area contributed by atoms with Gasteiger partial charge in [0.15, 0.2) is 5.96 Å². The number of halogens is 1. The standard InChI is InChI=1S/C22H28N6O.HI/c1-5-23-22(27-15-19-8-6-16(2)12-20(19)29-4)26-14-18-7-9-21(25-13-18)28-11-10-24-17(28)3;/h6-13H,5,14-15H2,1-4H3,(H2,23,26,27);1H. The maximum absolute atomic E-state index is 5.48. The summed E-state index contributed by atoms with van der Waals surface area (Å²) in [5.41, 5.74) is 3.30. The number of pyridine rings is 1. The number of hydrogen-bond donors (Lipinski definition) is 2. The highest BCUT2D eigenvalue weighted by Crippen LogP contribution is 2.19. The molecule has 30 heavy (non-hydrogen) atoms. The van der Waals surface area contributed by atoms with Gasteiger partial charge in [-0.2, -0.15) is 0 Å². The van der Waals surface area contributed by atoms with E-state index in [4.69, 9.17) is 4.74 Å². The van der Waals surface area contributed by atoms with Gasteiger partial charge in [0, 0.05) is 37.2 Å². The Morgan fingerprint density at radius 1 is 1.13 bits per heavy atom. The van der Waals surface area contributed by atoms with Gasteiger partial charge in [-0.05, 0) is 44.0 Å². The zero-order valence-corrected chi connectivity index (χ0v) is 20.2. The van der Waals surface area contributed by atoms with Gasteiger partial charge >= 0.3 is 0 Å². The SMILES string of the molecule is CCNC(=NCc1ccc(-n2ccnc2C)nc1)NCc1ccc(C)cc1OC.I. The molecule has 0 spiro atoms. The van der Waals surface area contributed by atoms with E-state index in [0.29, 0.717) is 13.1 Å². The first-order valence-corrected chi connectivity index (χ1v) is 9.71. The first-order valence-electron chi connectivity index (χ1n) is 9.71. The van der Waals surface area contributed by atoms with Crippen LogP contribution in [0.4, 0.5) is 0 Å². The van der Waals surface area contributed by atoms with Crippen LogP contribution in [0.3, 0.4) is 0 Å². The molecule has 2 heterocycles. The number of rotatable bonds is 7. The third-order valence-corrected chi connectivity index (χ3v) is 4.53. The molecule has 0 aliphatic carbocycles. The second kappa shape index (κ2) is 11.5. The Balaban J connectivity index is 0.00000320. The summed E-state index contributed by atoms with van der Waals surface area (Å²) >= 11 is 0. The van der Waals surface area contributed by atoms with E-state index in [0.717, 1.165) is 41.0 Å². The number of aliphatic imine (C=N–C) groups is 1. The van der Waals surface area contributed by atoms with Gasteiger partial charge < -0.3 is 15.4 Å². The second-order valence-corrected chi connectivity index (χ2v) is 6.73. The number of nitrogens with zero attached hydrogens (tertiary/aromatic N) is 4. The minimum atomic E-state index is 0. The fourth-order valence-electron chi connectivity index (χ4n) is 2.96. The first-order chi connectivity index (χ1) is 14.1. The maximum Gasteiger partial charge on any atom is 0.191 e. The number of nitrogens with one attached hydrogen (secondary N) is 2. The molecular formula is C22H29IN6O. The molecule has 7 nitrogen and oxygen atoms in total. The van der Waals surface area contributed by atoms with Crippen LogP contribution in [0.15, 0.2) is 53.9 Å². The smallest absolute Gasteiger partial charge is 0.191 e. The Morgan fingerprint density at radius 2 is 1.97 bits per heavy atom. The lowest BCUT2D eigenvalue weighted by atomic mass is 10.1. The van der Waals surface area contributed by atoms with Crippen molar-refractivity contribution in [2.75, 3.05) is 13.7 Å². The van der Waals surface area contributed by atoms with Crippen molar-refractivity contribution in [3.8, 4) is 11.6 Å². The first kappa shape index (κ1) is 23.7. The fourth-order valence-corrected chi connectivity index (χ4v) is 2.96. The van der Waals surface area contributed by atoms with Gasteiger partial charge in [-0.15, -0.1) is 24.0 Å². The highest BCUT2D eigenvalue weighted by atomic mass is 127. The number of aryl methyl sites for hydroxylation is 2. The average molecular weight is 520 g/mol. The zero-order valence-electron chi connectivity index (χ0n) is 17.8. The van der Waals surface area contributed by atoms with Gasteiger partial charge in [0.1, 0.15) is 17.4 Å². The Kier molecular flexibility index (Phi) is 9.10. The molecule has 0 bridgehead atoms. The van der Waals surface area contributed by atoms with Crippen molar-refractivity contribution in [2.24, 2.45) is 4.99 Å². The number of aromatic nitrogens is 3. The number of imidazole rings is 1. The topological polar surface area (TPSA) is 76.4 Å². The van der Waals surface area contributed by atoms with Crippen LogP contribution in [0.2, 0.25) is 0 Å². The van der Waals surface area contributed by atoms with Gasteiger partial charge in [0.2, 0.25) is 0 Å². The molecule has 0 saturated heterocycles. The largest absolute Gasteiger partial charge is 0.496 e. The molecule has 0 saturated carbocycles. The molecule has 8 heteroatoms. The van der Waals surface area contributed by atoms with Gasteiger partial charge in [0.05, 0.1) is 13.7 Å². The van der Waals surface area contributed by atoms with Crippen molar-refractivity contribution in [3.63, 3.8) is 0 Å². The van der Waals surface area contributed by atoms with Crippen LogP contribution < -0.4 is 15.4 Å². The van der Waals surface area contributed by atoms with Crippen molar-refractivity contribution in [1.29, 1.82) is 0 Å². The molecule has 3 aromatic rings. The molecule has 0 aliphatic rings. The minimum Gasteiger partial charge on any atom is -0.496 e. The van der Waals surface area contributed by atoms with Gasteiger partial charge in [-0.1, -0.05) is 18.2 Å². The third kappa shape index (κ3) is 6.19. The van der Waals surface area contributed by atoms with Crippen LogP contribution in [0.5, 0.6) is 5.75 Å². The minimum absolute atomic E-state index is 0. The molecule has 0 radical (unpaired) electrons. The molecule has 0 fully saturated rings. The Morgan fingerprint density at radius 3 is 2.60 bits per heavy atom. The van der Waals surface area contributed by atoms with Crippen LogP contribution in [-0.2, 0) is 13.1 Å². The van der Waals surface area contributed by atoms with E-state index in [1.54, 1.807) is 13.3 Å². The van der Waals surface area contributed by atoms with Crippen LogP contribution in [0, 0.1) is 13.8 Å². The molecule has 0 aliphatic heterocycles. The summed E-state index contributed by atoms with van der Waals surface area (Å²) in [5, 5.41) is 6.65. The van der Waals surface area contributed by atoms with E-state index in [1.807, 2.05) is 49.0 Å². The highest BCUT2D eigenvalue weighted by molar-refractivity contribution is 14.0. The highest BCUT2D eigenvalue weighted by Gasteiger charge is 2.06. The molecule has 160 valence electrons. The van der Waals surface area contributed by atoms with Gasteiger partial charge in [-0.3, -0.25) is 4.57 Å². The summed E-state index contributed by atoms with van der Waals surface area (Å²) in [6, 6.07) is 10.2. The molecule has 0 unspecified atom stereocenters. The summed E-state index contributed by atoms with van der Waals surface area (Å²) in [6.45, 7) is 8.01. The molecule has 2 aromatic heterocycles. The molecule has 3 rings (SSSR count). The van der Waals surface area contributed by atoms with E-state index in [1.165, 1.54) is 5.56 Å². The number of ether oxygens (including phenoxy) is 1. The monoisotopic (exact) mass is 520 g/mol. The Labute approximate surface area is 195 Å². The second-order valence-electron chi connectivity index (χ2n) is 6.73. The van der Waals surface area contributed by atoms with Crippen LogP contribution in [0.25, 0.3) is 5.82 Å². The molecular weight excluding hydrogens is 491 g/mol. The lowest BCUT2D eigenvalue weighted by Crippen LogP contribution is -2.36. The maximum atomic E-state index is 5.48. The van der Waals surface area contributed by atoms with Gasteiger partial charge in [0.25, 0.3) is 0 Å². The van der Waals surface area contributed by atoms with Crippen molar-refractivity contribution in [3.05, 3.63) is 71.4 Å². The Hall–Kier alpha value is -2.62. The summed E-state index contributed by atoms with van der Waals surface area (Å²) in [4.78, 5) is 13.4. The van der Waals surface area contributed by atoms with Crippen LogP contribution in [-0.4, -0.2) is 34.1 Å². The lowest BCUT2D eigenvalue weighted by Gasteiger charge is -2.14. The van der Waals surface area contributed by atoms with Crippen LogP contribution >= 0.6 is 24.0 Å². The zero-order chi connectivity index (χ0) is 20.6. The van der Waals surface area contributed by atoms with E-state index >= 15 is 0 Å². The fraction of sp³-hybridized carbons (Fsp3) is 0.318. The van der Waals surface area contributed by atoms with E-state index in [9.17, 15) is 0 Å². The Bertz CT molecular complexity index is 968. The van der Waals surface area contributed by atoms with Gasteiger partial charge in [-0.25, -0.2) is 15.0 Å². The number of hydrogen-bond acceptors (Lipinski definition) is 4. The van der Waals surface area contributed by atoms with Crippen LogP contribution in [0.1, 0.15) is 29.4 Å². The van der Waals surface area contributed by atoms with E-state index in [-0.39, 0.29) is 24.0 Å². The number of benzene rings is 1.